The smallest absolute Gasteiger partial charge is 0.134 e. The number of nitrogens with zero attached hydrogens (tertiary/aromatic N) is 1. The Bertz CT molecular complexity index is 238. The Morgan fingerprint density at radius 3 is 2.38 bits per heavy atom. The van der Waals surface area contributed by atoms with Gasteiger partial charge >= 0.3 is 0 Å². The lowest BCUT2D eigenvalue weighted by molar-refractivity contribution is 0.381. The van der Waals surface area contributed by atoms with Crippen molar-refractivity contribution in [3.05, 3.63) is 35.9 Å². The molecule has 0 atom stereocenters. The van der Waals surface area contributed by atoms with Crippen LogP contribution < -0.4 is 0 Å². The van der Waals surface area contributed by atoms with Crippen LogP contribution >= 0.6 is 12.3 Å². The maximum atomic E-state index is 12.4. The predicted octanol–water partition coefficient (Wildman–Crippen LogP) is 3.43. The summed E-state index contributed by atoms with van der Waals surface area (Å²) in [6.07, 6.45) is 0. The third kappa shape index (κ3) is 3.36. The van der Waals surface area contributed by atoms with Gasteiger partial charge in [-0.15, -0.1) is 3.89 Å². The Labute approximate surface area is 83.4 Å². The van der Waals surface area contributed by atoms with Crippen molar-refractivity contribution in [3.8, 4) is 0 Å². The highest BCUT2D eigenvalue weighted by atomic mass is 32.2. The van der Waals surface area contributed by atoms with Crippen molar-refractivity contribution in [2.24, 2.45) is 0 Å². The molecule has 3 heteroatoms. The number of hydrogen-bond acceptors (Lipinski definition) is 2. The second-order valence-corrected chi connectivity index (χ2v) is 3.83. The monoisotopic (exact) mass is 199 g/mol. The third-order valence-electron chi connectivity index (χ3n) is 1.85. The standard InChI is InChI=1S/C10H14FNS/c1-9(2)12(13-11)8-10-6-4-3-5-7-10/h3-7,9H,8H2,1-2H3. The molecule has 0 unspecified atom stereocenters. The largest absolute Gasteiger partial charge is 0.215 e. The van der Waals surface area contributed by atoms with Gasteiger partial charge in [0.05, 0.1) is 0 Å². The van der Waals surface area contributed by atoms with E-state index in [1.54, 1.807) is 4.31 Å². The maximum Gasteiger partial charge on any atom is 0.134 e. The van der Waals surface area contributed by atoms with Gasteiger partial charge in [-0.25, -0.2) is 4.31 Å². The number of rotatable bonds is 4. The highest BCUT2D eigenvalue weighted by molar-refractivity contribution is 7.91. The molecule has 13 heavy (non-hydrogen) atoms. The summed E-state index contributed by atoms with van der Waals surface area (Å²) in [6.45, 7) is 4.62. The lowest BCUT2D eigenvalue weighted by atomic mass is 10.2. The van der Waals surface area contributed by atoms with E-state index in [-0.39, 0.29) is 6.04 Å². The van der Waals surface area contributed by atoms with Gasteiger partial charge < -0.3 is 0 Å². The van der Waals surface area contributed by atoms with E-state index in [0.29, 0.717) is 18.9 Å². The molecular weight excluding hydrogens is 185 g/mol. The summed E-state index contributed by atoms with van der Waals surface area (Å²) in [6, 6.07) is 10.1. The zero-order chi connectivity index (χ0) is 9.68. The van der Waals surface area contributed by atoms with Gasteiger partial charge in [0.2, 0.25) is 0 Å². The molecule has 1 nitrogen and oxygen atoms in total. The molecule has 0 aliphatic rings. The molecule has 0 aromatic heterocycles. The van der Waals surface area contributed by atoms with E-state index in [4.69, 9.17) is 0 Å². The Hall–Kier alpha value is -0.540. The van der Waals surface area contributed by atoms with Crippen LogP contribution in [0.1, 0.15) is 19.4 Å². The van der Waals surface area contributed by atoms with Crippen LogP contribution in [0.25, 0.3) is 0 Å². The molecule has 0 radical (unpaired) electrons. The quantitative estimate of drug-likeness (QED) is 0.683. The van der Waals surface area contributed by atoms with Crippen LogP contribution in [0.5, 0.6) is 0 Å². The molecule has 0 spiro atoms. The highest BCUT2D eigenvalue weighted by Gasteiger charge is 2.10. The van der Waals surface area contributed by atoms with Gasteiger partial charge in [0, 0.05) is 12.6 Å². The van der Waals surface area contributed by atoms with Crippen LogP contribution in [0.3, 0.4) is 0 Å². The molecule has 0 heterocycles. The highest BCUT2D eigenvalue weighted by Crippen LogP contribution is 2.18. The Morgan fingerprint density at radius 2 is 1.92 bits per heavy atom. The lowest BCUT2D eigenvalue weighted by Crippen LogP contribution is -2.22. The van der Waals surface area contributed by atoms with E-state index in [9.17, 15) is 3.89 Å². The number of halogens is 1. The van der Waals surface area contributed by atoms with E-state index in [2.05, 4.69) is 0 Å². The summed E-state index contributed by atoms with van der Waals surface area (Å²) in [5.74, 6) is 0. The number of hydrogen-bond donors (Lipinski definition) is 0. The van der Waals surface area contributed by atoms with Crippen molar-refractivity contribution < 1.29 is 3.89 Å². The first-order valence-electron chi connectivity index (χ1n) is 4.33. The van der Waals surface area contributed by atoms with Gasteiger partial charge in [0.25, 0.3) is 0 Å². The predicted molar refractivity (Wildman–Crippen MR) is 55.8 cm³/mol. The average molecular weight is 199 g/mol. The molecule has 0 saturated heterocycles. The Kier molecular flexibility index (Phi) is 4.25. The summed E-state index contributed by atoms with van der Waals surface area (Å²) in [4.78, 5) is 0. The van der Waals surface area contributed by atoms with Crippen LogP contribution in [0.15, 0.2) is 30.3 Å². The van der Waals surface area contributed by atoms with Gasteiger partial charge in [-0.2, -0.15) is 0 Å². The van der Waals surface area contributed by atoms with Gasteiger partial charge in [-0.05, 0) is 19.4 Å². The van der Waals surface area contributed by atoms with E-state index in [1.807, 2.05) is 44.2 Å². The molecular formula is C10H14FNS. The second kappa shape index (κ2) is 5.25. The van der Waals surface area contributed by atoms with Gasteiger partial charge in [0.15, 0.2) is 0 Å². The first kappa shape index (κ1) is 10.5. The van der Waals surface area contributed by atoms with Crippen molar-refractivity contribution in [3.63, 3.8) is 0 Å². The minimum absolute atomic E-state index is 0.218. The topological polar surface area (TPSA) is 3.24 Å². The maximum absolute atomic E-state index is 12.4. The fraction of sp³-hybridized carbons (Fsp3) is 0.400. The van der Waals surface area contributed by atoms with E-state index >= 15 is 0 Å². The van der Waals surface area contributed by atoms with Gasteiger partial charge in [0.1, 0.15) is 12.3 Å². The molecule has 1 rings (SSSR count). The van der Waals surface area contributed by atoms with Crippen molar-refractivity contribution in [2.45, 2.75) is 26.4 Å². The molecule has 0 amide bonds. The van der Waals surface area contributed by atoms with Gasteiger partial charge in [-0.3, -0.25) is 0 Å². The third-order valence-corrected chi connectivity index (χ3v) is 2.57. The Morgan fingerprint density at radius 1 is 1.31 bits per heavy atom. The summed E-state index contributed by atoms with van der Waals surface area (Å²) in [7, 11) is 0. The van der Waals surface area contributed by atoms with Crippen molar-refractivity contribution in [2.75, 3.05) is 0 Å². The van der Waals surface area contributed by atoms with Gasteiger partial charge in [-0.1, -0.05) is 30.3 Å². The molecule has 0 saturated carbocycles. The molecule has 0 aliphatic carbocycles. The van der Waals surface area contributed by atoms with Crippen molar-refractivity contribution in [1.82, 2.24) is 4.31 Å². The normalized spacial score (nSPS) is 11.2. The molecule has 1 aromatic rings. The van der Waals surface area contributed by atoms with Crippen LogP contribution in [0, 0.1) is 0 Å². The van der Waals surface area contributed by atoms with Crippen molar-refractivity contribution >= 4 is 12.3 Å². The molecule has 1 aromatic carbocycles. The zero-order valence-corrected chi connectivity index (χ0v) is 8.72. The SMILES string of the molecule is CC(C)N(Cc1ccccc1)SF. The fourth-order valence-electron chi connectivity index (χ4n) is 1.05. The number of benzene rings is 1. The molecule has 72 valence electrons. The molecule has 0 N–H and O–H groups in total. The van der Waals surface area contributed by atoms with Crippen molar-refractivity contribution in [1.29, 1.82) is 0 Å². The Balaban J connectivity index is 2.57. The van der Waals surface area contributed by atoms with Crippen LogP contribution in [-0.4, -0.2) is 10.3 Å². The average Bonchev–Trinajstić information content (AvgIpc) is 2.15. The molecule has 0 aliphatic heterocycles. The van der Waals surface area contributed by atoms with Crippen LogP contribution in [-0.2, 0) is 6.54 Å². The first-order valence-corrected chi connectivity index (χ1v) is 5.00. The zero-order valence-electron chi connectivity index (χ0n) is 7.90. The van der Waals surface area contributed by atoms with Crippen LogP contribution in [0.2, 0.25) is 0 Å². The van der Waals surface area contributed by atoms with E-state index in [0.717, 1.165) is 5.56 Å². The summed E-state index contributed by atoms with van der Waals surface area (Å²) < 4.78 is 14.1. The minimum Gasteiger partial charge on any atom is -0.215 e. The summed E-state index contributed by atoms with van der Waals surface area (Å²) in [5, 5.41) is 0. The molecule has 0 fully saturated rings. The molecule has 0 bridgehead atoms. The fourth-order valence-corrected chi connectivity index (χ4v) is 1.41. The first-order chi connectivity index (χ1) is 6.24. The second-order valence-electron chi connectivity index (χ2n) is 3.22. The van der Waals surface area contributed by atoms with E-state index < -0.39 is 0 Å². The minimum atomic E-state index is 0.218. The summed E-state index contributed by atoms with van der Waals surface area (Å²) >= 11 is 0.306. The van der Waals surface area contributed by atoms with E-state index in [1.165, 1.54) is 0 Å². The summed E-state index contributed by atoms with van der Waals surface area (Å²) in [5.41, 5.74) is 1.14. The lowest BCUT2D eigenvalue weighted by Gasteiger charge is -2.20. The van der Waals surface area contributed by atoms with Crippen LogP contribution in [0.4, 0.5) is 3.89 Å².